The molecule has 6 heteroatoms. The van der Waals surface area contributed by atoms with Crippen LogP contribution in [0.5, 0.6) is 11.5 Å². The van der Waals surface area contributed by atoms with Crippen molar-refractivity contribution in [1.29, 1.82) is 0 Å². The standard InChI is InChI=1S/C12H24O3Si3/c1-17(2,3)14-10-8-7-9-11(16-13)12(10)15-18(4,5)6/h7-9,13H,16H2,1-6H3. The monoisotopic (exact) mass is 300 g/mol. The molecule has 0 bridgehead atoms. The molecular weight excluding hydrogens is 276 g/mol. The minimum Gasteiger partial charge on any atom is -0.542 e. The van der Waals surface area contributed by atoms with E-state index >= 15 is 0 Å². The van der Waals surface area contributed by atoms with Gasteiger partial charge in [0.05, 0.1) is 0 Å². The zero-order chi connectivity index (χ0) is 14.0. The number of benzene rings is 1. The molecule has 0 aliphatic carbocycles. The van der Waals surface area contributed by atoms with Gasteiger partial charge in [0, 0.05) is 5.19 Å². The number of hydrogen-bond acceptors (Lipinski definition) is 3. The van der Waals surface area contributed by atoms with Crippen LogP contribution in [-0.4, -0.2) is 31.2 Å². The summed E-state index contributed by atoms with van der Waals surface area (Å²) in [7, 11) is -4.63. The van der Waals surface area contributed by atoms with E-state index < -0.39 is 26.4 Å². The van der Waals surface area contributed by atoms with E-state index in [1.807, 2.05) is 18.2 Å². The lowest BCUT2D eigenvalue weighted by atomic mass is 10.3. The minimum absolute atomic E-state index is 0.785. The Morgan fingerprint density at radius 1 is 0.944 bits per heavy atom. The first-order valence-corrected chi connectivity index (χ1v) is 14.4. The maximum Gasteiger partial charge on any atom is 0.242 e. The molecule has 0 aliphatic heterocycles. The molecule has 0 heterocycles. The summed E-state index contributed by atoms with van der Waals surface area (Å²) < 4.78 is 12.2. The van der Waals surface area contributed by atoms with Crippen LogP contribution in [0.2, 0.25) is 39.3 Å². The lowest BCUT2D eigenvalue weighted by Crippen LogP contribution is -2.35. The molecule has 0 radical (unpaired) electrons. The molecule has 1 aromatic rings. The van der Waals surface area contributed by atoms with Crippen molar-refractivity contribution in [1.82, 2.24) is 0 Å². The summed E-state index contributed by atoms with van der Waals surface area (Å²) in [5.74, 6) is 1.59. The van der Waals surface area contributed by atoms with Gasteiger partial charge < -0.3 is 13.6 Å². The largest absolute Gasteiger partial charge is 0.542 e. The van der Waals surface area contributed by atoms with Crippen molar-refractivity contribution < 1.29 is 13.6 Å². The Morgan fingerprint density at radius 3 is 1.94 bits per heavy atom. The molecule has 0 saturated carbocycles. The van der Waals surface area contributed by atoms with Crippen LogP contribution in [0.4, 0.5) is 0 Å². The van der Waals surface area contributed by atoms with Crippen LogP contribution in [0.25, 0.3) is 0 Å². The first-order valence-electron chi connectivity index (χ1n) is 6.23. The Labute approximate surface area is 114 Å². The van der Waals surface area contributed by atoms with Gasteiger partial charge in [-0.2, -0.15) is 0 Å². The fourth-order valence-electron chi connectivity index (χ4n) is 1.52. The van der Waals surface area contributed by atoms with Gasteiger partial charge in [-0.3, -0.25) is 0 Å². The fourth-order valence-corrected chi connectivity index (χ4v) is 3.96. The van der Waals surface area contributed by atoms with E-state index in [0.717, 1.165) is 16.7 Å². The number of rotatable bonds is 5. The second kappa shape index (κ2) is 5.60. The summed E-state index contributed by atoms with van der Waals surface area (Å²) in [6.45, 7) is 12.9. The molecule has 0 aliphatic rings. The van der Waals surface area contributed by atoms with Gasteiger partial charge in [-0.15, -0.1) is 0 Å². The molecule has 0 saturated heterocycles. The predicted molar refractivity (Wildman–Crippen MR) is 84.8 cm³/mol. The third-order valence-corrected chi connectivity index (χ3v) is 4.60. The Bertz CT molecular complexity index is 408. The van der Waals surface area contributed by atoms with Gasteiger partial charge in [-0.25, -0.2) is 0 Å². The van der Waals surface area contributed by atoms with Crippen molar-refractivity contribution in [3.05, 3.63) is 18.2 Å². The van der Waals surface area contributed by atoms with Crippen LogP contribution in [-0.2, 0) is 0 Å². The Hall–Kier alpha value is -0.569. The molecule has 0 atom stereocenters. The highest BCUT2D eigenvalue weighted by atomic mass is 28.4. The zero-order valence-corrected chi connectivity index (χ0v) is 15.6. The second-order valence-electron chi connectivity index (χ2n) is 6.33. The van der Waals surface area contributed by atoms with E-state index in [9.17, 15) is 4.80 Å². The Morgan fingerprint density at radius 2 is 1.50 bits per heavy atom. The third kappa shape index (κ3) is 4.97. The van der Waals surface area contributed by atoms with Crippen LogP contribution in [0.3, 0.4) is 0 Å². The first kappa shape index (κ1) is 15.5. The van der Waals surface area contributed by atoms with E-state index in [4.69, 9.17) is 8.85 Å². The molecule has 18 heavy (non-hydrogen) atoms. The maximum atomic E-state index is 9.57. The molecule has 0 fully saturated rings. The first-order chi connectivity index (χ1) is 8.12. The summed E-state index contributed by atoms with van der Waals surface area (Å²) in [5.41, 5.74) is 0. The van der Waals surface area contributed by atoms with Crippen molar-refractivity contribution in [2.45, 2.75) is 39.3 Å². The summed E-state index contributed by atoms with van der Waals surface area (Å²) in [4.78, 5) is 9.57. The molecule has 3 nitrogen and oxygen atoms in total. The van der Waals surface area contributed by atoms with Crippen LogP contribution in [0.15, 0.2) is 18.2 Å². The normalized spacial score (nSPS) is 13.1. The highest BCUT2D eigenvalue weighted by Gasteiger charge is 2.24. The molecule has 0 unspecified atom stereocenters. The quantitative estimate of drug-likeness (QED) is 0.843. The van der Waals surface area contributed by atoms with Crippen LogP contribution >= 0.6 is 0 Å². The van der Waals surface area contributed by atoms with E-state index in [1.165, 1.54) is 0 Å². The zero-order valence-electron chi connectivity index (χ0n) is 12.2. The summed E-state index contributed by atoms with van der Waals surface area (Å²) in [6, 6.07) is 5.82. The molecule has 1 rings (SSSR count). The SMILES string of the molecule is C[Si](C)(C)Oc1cccc([SiH2]O)c1O[Si](C)(C)C. The van der Waals surface area contributed by atoms with Crippen LogP contribution < -0.4 is 14.0 Å². The number of hydrogen-bond donors (Lipinski definition) is 1. The topological polar surface area (TPSA) is 38.7 Å². The van der Waals surface area contributed by atoms with Crippen LogP contribution in [0.1, 0.15) is 0 Å². The molecule has 0 amide bonds. The average Bonchev–Trinajstić information content (AvgIpc) is 2.16. The summed E-state index contributed by atoms with van der Waals surface area (Å²) >= 11 is 0. The average molecular weight is 301 g/mol. The Kier molecular flexibility index (Phi) is 4.82. The highest BCUT2D eigenvalue weighted by Crippen LogP contribution is 2.29. The number of para-hydroxylation sites is 1. The molecule has 1 N–H and O–H groups in total. The van der Waals surface area contributed by atoms with E-state index in [-0.39, 0.29) is 0 Å². The summed E-state index contributed by atoms with van der Waals surface area (Å²) in [5, 5.41) is 0.938. The van der Waals surface area contributed by atoms with Crippen molar-refractivity contribution in [3.63, 3.8) is 0 Å². The van der Waals surface area contributed by atoms with Gasteiger partial charge in [0.2, 0.25) is 16.6 Å². The maximum absolute atomic E-state index is 9.57. The van der Waals surface area contributed by atoms with Gasteiger partial charge >= 0.3 is 0 Å². The Balaban J connectivity index is 3.16. The molecule has 0 spiro atoms. The smallest absolute Gasteiger partial charge is 0.242 e. The molecular formula is C12H24O3Si3. The van der Waals surface area contributed by atoms with Gasteiger partial charge in [0.25, 0.3) is 0 Å². The van der Waals surface area contributed by atoms with E-state index in [1.54, 1.807) is 0 Å². The second-order valence-corrected chi connectivity index (χ2v) is 16.3. The van der Waals surface area contributed by atoms with Crippen molar-refractivity contribution in [2.75, 3.05) is 0 Å². The third-order valence-electron chi connectivity index (χ3n) is 2.06. The highest BCUT2D eigenvalue weighted by molar-refractivity contribution is 6.71. The van der Waals surface area contributed by atoms with Gasteiger partial charge in [0.15, 0.2) is 9.76 Å². The van der Waals surface area contributed by atoms with E-state index in [2.05, 4.69) is 39.3 Å². The van der Waals surface area contributed by atoms with Crippen molar-refractivity contribution in [2.24, 2.45) is 0 Å². The van der Waals surface area contributed by atoms with Gasteiger partial charge in [-0.05, 0) is 45.3 Å². The lowest BCUT2D eigenvalue weighted by Gasteiger charge is -2.27. The van der Waals surface area contributed by atoms with Gasteiger partial charge in [0.1, 0.15) is 11.5 Å². The van der Waals surface area contributed by atoms with Crippen LogP contribution in [0, 0.1) is 0 Å². The van der Waals surface area contributed by atoms with Gasteiger partial charge in [-0.1, -0.05) is 12.1 Å². The predicted octanol–water partition coefficient (Wildman–Crippen LogP) is 1.82. The minimum atomic E-state index is -1.71. The molecule has 0 aromatic heterocycles. The van der Waals surface area contributed by atoms with Crippen molar-refractivity contribution >= 4 is 31.6 Å². The van der Waals surface area contributed by atoms with Crippen molar-refractivity contribution in [3.8, 4) is 11.5 Å². The molecule has 1 aromatic carbocycles. The molecule has 102 valence electrons. The fraction of sp³-hybridized carbons (Fsp3) is 0.500. The summed E-state index contributed by atoms with van der Waals surface area (Å²) in [6.07, 6.45) is 0. The lowest BCUT2D eigenvalue weighted by molar-refractivity contribution is 0.490. The van der Waals surface area contributed by atoms with E-state index in [0.29, 0.717) is 0 Å².